The van der Waals surface area contributed by atoms with Gasteiger partial charge < -0.3 is 0 Å². The minimum absolute atomic E-state index is 0.289. The summed E-state index contributed by atoms with van der Waals surface area (Å²) in [5.41, 5.74) is 0.955. The molecule has 3 nitrogen and oxygen atoms in total. The second-order valence-electron chi connectivity index (χ2n) is 4.60. The number of hydrogen-bond acceptors (Lipinski definition) is 2. The highest BCUT2D eigenvalue weighted by Gasteiger charge is 2.30. The van der Waals surface area contributed by atoms with Crippen molar-refractivity contribution in [2.45, 2.75) is 19.4 Å². The van der Waals surface area contributed by atoms with E-state index in [-0.39, 0.29) is 5.75 Å². The molecule has 0 N–H and O–H groups in total. The van der Waals surface area contributed by atoms with Gasteiger partial charge in [-0.1, -0.05) is 23.7 Å². The van der Waals surface area contributed by atoms with E-state index in [1.165, 1.54) is 4.31 Å². The fraction of sp³-hybridized carbons (Fsp3) is 0.500. The molecule has 1 aliphatic carbocycles. The van der Waals surface area contributed by atoms with Crippen LogP contribution >= 0.6 is 11.6 Å². The number of hydrogen-bond donors (Lipinski definition) is 0. The topological polar surface area (TPSA) is 37.4 Å². The van der Waals surface area contributed by atoms with Gasteiger partial charge in [-0.2, -0.15) is 0 Å². The van der Waals surface area contributed by atoms with Crippen LogP contribution in [-0.2, 0) is 16.6 Å². The monoisotopic (exact) mass is 273 g/mol. The standard InChI is InChI=1S/C12H16ClNO2S/c1-14(17(15,16)9-11-2-3-11)8-10-4-6-12(13)7-5-10/h4-7,11H,2-3,8-9H2,1H3. The van der Waals surface area contributed by atoms with Crippen molar-refractivity contribution >= 4 is 21.6 Å². The van der Waals surface area contributed by atoms with E-state index >= 15 is 0 Å². The van der Waals surface area contributed by atoms with E-state index in [1.54, 1.807) is 19.2 Å². The van der Waals surface area contributed by atoms with E-state index in [1.807, 2.05) is 12.1 Å². The summed E-state index contributed by atoms with van der Waals surface area (Å²) in [5.74, 6) is 0.671. The Hall–Kier alpha value is -0.580. The summed E-state index contributed by atoms with van der Waals surface area (Å²) in [5, 5.41) is 0.664. The summed E-state index contributed by atoms with van der Waals surface area (Å²) >= 11 is 5.78. The van der Waals surface area contributed by atoms with Crippen LogP contribution in [0.5, 0.6) is 0 Å². The predicted octanol–water partition coefficient (Wildman–Crippen LogP) is 2.51. The van der Waals surface area contributed by atoms with Crippen LogP contribution in [0.2, 0.25) is 5.02 Å². The molecule has 1 saturated carbocycles. The van der Waals surface area contributed by atoms with Gasteiger partial charge in [-0.25, -0.2) is 12.7 Å². The van der Waals surface area contributed by atoms with E-state index in [4.69, 9.17) is 11.6 Å². The Morgan fingerprint density at radius 2 is 1.88 bits per heavy atom. The van der Waals surface area contributed by atoms with Crippen molar-refractivity contribution in [1.29, 1.82) is 0 Å². The van der Waals surface area contributed by atoms with Gasteiger partial charge in [0.05, 0.1) is 5.75 Å². The molecule has 1 aliphatic rings. The Morgan fingerprint density at radius 1 is 1.29 bits per heavy atom. The zero-order valence-corrected chi connectivity index (χ0v) is 11.3. The molecule has 1 fully saturated rings. The first kappa shape index (κ1) is 12.9. The van der Waals surface area contributed by atoms with Crippen LogP contribution in [0.15, 0.2) is 24.3 Å². The molecule has 0 heterocycles. The van der Waals surface area contributed by atoms with Crippen LogP contribution in [-0.4, -0.2) is 25.5 Å². The van der Waals surface area contributed by atoms with Crippen LogP contribution in [0, 0.1) is 5.92 Å². The molecule has 2 rings (SSSR count). The molecule has 0 bridgehead atoms. The first-order valence-corrected chi connectivity index (χ1v) is 7.64. The van der Waals surface area contributed by atoms with Gasteiger partial charge in [-0.05, 0) is 36.5 Å². The number of nitrogens with zero attached hydrogens (tertiary/aromatic N) is 1. The van der Waals surface area contributed by atoms with Crippen molar-refractivity contribution in [2.75, 3.05) is 12.8 Å². The summed E-state index contributed by atoms with van der Waals surface area (Å²) in [7, 11) is -1.47. The number of halogens is 1. The average Bonchev–Trinajstić information content (AvgIpc) is 3.04. The summed E-state index contributed by atoms with van der Waals surface area (Å²) in [4.78, 5) is 0. The van der Waals surface area contributed by atoms with E-state index < -0.39 is 10.0 Å². The molecule has 0 aromatic heterocycles. The molecule has 0 aliphatic heterocycles. The summed E-state index contributed by atoms with van der Waals surface area (Å²) in [6.07, 6.45) is 2.10. The summed E-state index contributed by atoms with van der Waals surface area (Å²) < 4.78 is 25.3. The smallest absolute Gasteiger partial charge is 0.212 e. The average molecular weight is 274 g/mol. The van der Waals surface area contributed by atoms with Crippen LogP contribution in [0.25, 0.3) is 0 Å². The van der Waals surface area contributed by atoms with E-state index in [9.17, 15) is 8.42 Å². The van der Waals surface area contributed by atoms with Gasteiger partial charge in [0.25, 0.3) is 0 Å². The van der Waals surface area contributed by atoms with Crippen LogP contribution in [0.4, 0.5) is 0 Å². The van der Waals surface area contributed by atoms with Gasteiger partial charge in [0.15, 0.2) is 0 Å². The lowest BCUT2D eigenvalue weighted by atomic mass is 10.2. The number of sulfonamides is 1. The Bertz CT molecular complexity index is 480. The highest BCUT2D eigenvalue weighted by atomic mass is 35.5. The van der Waals surface area contributed by atoms with Crippen LogP contribution < -0.4 is 0 Å². The minimum atomic E-state index is -3.11. The third-order valence-corrected chi connectivity index (χ3v) is 5.16. The lowest BCUT2D eigenvalue weighted by Crippen LogP contribution is -2.29. The minimum Gasteiger partial charge on any atom is -0.212 e. The molecular weight excluding hydrogens is 258 g/mol. The van der Waals surface area contributed by atoms with E-state index in [2.05, 4.69) is 0 Å². The van der Waals surface area contributed by atoms with Crippen molar-refractivity contribution in [3.05, 3.63) is 34.9 Å². The predicted molar refractivity (Wildman–Crippen MR) is 69.4 cm³/mol. The van der Waals surface area contributed by atoms with Crippen LogP contribution in [0.3, 0.4) is 0 Å². The SMILES string of the molecule is CN(Cc1ccc(Cl)cc1)S(=O)(=O)CC1CC1. The van der Waals surface area contributed by atoms with Gasteiger partial charge >= 0.3 is 0 Å². The van der Waals surface area contributed by atoms with E-state index in [0.29, 0.717) is 17.5 Å². The fourth-order valence-corrected chi connectivity index (χ4v) is 3.31. The third kappa shape index (κ3) is 3.69. The lowest BCUT2D eigenvalue weighted by Gasteiger charge is -2.17. The van der Waals surface area contributed by atoms with Gasteiger partial charge in [-0.15, -0.1) is 0 Å². The van der Waals surface area contributed by atoms with Crippen molar-refractivity contribution in [1.82, 2.24) is 4.31 Å². The highest BCUT2D eigenvalue weighted by Crippen LogP contribution is 2.31. The normalized spacial score (nSPS) is 16.4. The van der Waals surface area contributed by atoms with Crippen molar-refractivity contribution < 1.29 is 8.42 Å². The Labute approximate surface area is 107 Å². The molecule has 1 aromatic carbocycles. The maximum Gasteiger partial charge on any atom is 0.214 e. The molecule has 0 amide bonds. The van der Waals surface area contributed by atoms with Crippen molar-refractivity contribution in [3.63, 3.8) is 0 Å². The Morgan fingerprint density at radius 3 is 2.41 bits per heavy atom. The molecule has 1 aromatic rings. The van der Waals surface area contributed by atoms with Crippen molar-refractivity contribution in [3.8, 4) is 0 Å². The Balaban J connectivity index is 2.00. The Kier molecular flexibility index (Phi) is 3.76. The zero-order valence-electron chi connectivity index (χ0n) is 9.77. The van der Waals surface area contributed by atoms with E-state index in [0.717, 1.165) is 18.4 Å². The zero-order chi connectivity index (χ0) is 12.5. The molecule has 0 spiro atoms. The molecule has 17 heavy (non-hydrogen) atoms. The van der Waals surface area contributed by atoms with Gasteiger partial charge in [0, 0.05) is 18.6 Å². The van der Waals surface area contributed by atoms with Gasteiger partial charge in [-0.3, -0.25) is 0 Å². The first-order chi connectivity index (χ1) is 7.97. The molecule has 5 heteroatoms. The van der Waals surface area contributed by atoms with Gasteiger partial charge in [0.2, 0.25) is 10.0 Å². The second kappa shape index (κ2) is 4.96. The molecule has 94 valence electrons. The van der Waals surface area contributed by atoms with Gasteiger partial charge in [0.1, 0.15) is 0 Å². The third-order valence-electron chi connectivity index (χ3n) is 2.94. The maximum absolute atomic E-state index is 12.0. The highest BCUT2D eigenvalue weighted by molar-refractivity contribution is 7.89. The number of rotatable bonds is 5. The largest absolute Gasteiger partial charge is 0.214 e. The van der Waals surface area contributed by atoms with Crippen molar-refractivity contribution in [2.24, 2.45) is 5.92 Å². The molecular formula is C12H16ClNO2S. The molecule has 0 saturated heterocycles. The van der Waals surface area contributed by atoms with Crippen LogP contribution in [0.1, 0.15) is 18.4 Å². The summed E-state index contributed by atoms with van der Waals surface area (Å²) in [6, 6.07) is 7.26. The molecule has 0 atom stereocenters. The second-order valence-corrected chi connectivity index (χ2v) is 7.16. The molecule has 0 unspecified atom stereocenters. The first-order valence-electron chi connectivity index (χ1n) is 5.66. The lowest BCUT2D eigenvalue weighted by molar-refractivity contribution is 0.464. The number of benzene rings is 1. The quantitative estimate of drug-likeness (QED) is 0.827. The summed E-state index contributed by atoms with van der Waals surface area (Å²) in [6.45, 7) is 0.409. The fourth-order valence-electron chi connectivity index (χ4n) is 1.65. The maximum atomic E-state index is 12.0. The molecule has 0 radical (unpaired) electrons.